The fourth-order valence-corrected chi connectivity index (χ4v) is 1.83. The monoisotopic (exact) mass is 208 g/mol. The van der Waals surface area contributed by atoms with E-state index in [4.69, 9.17) is 9.47 Å². The second kappa shape index (κ2) is 4.53. The van der Waals surface area contributed by atoms with E-state index >= 15 is 0 Å². The van der Waals surface area contributed by atoms with E-state index in [1.807, 2.05) is 25.1 Å². The van der Waals surface area contributed by atoms with Crippen molar-refractivity contribution in [2.24, 2.45) is 0 Å². The molecule has 1 heterocycles. The van der Waals surface area contributed by atoms with Crippen LogP contribution in [-0.2, 0) is 0 Å². The summed E-state index contributed by atoms with van der Waals surface area (Å²) in [4.78, 5) is 0. The van der Waals surface area contributed by atoms with Crippen molar-refractivity contribution in [2.45, 2.75) is 25.9 Å². The number of aliphatic hydroxyl groups excluding tert-OH is 1. The SMILES string of the molecule is CCOc1cccc2c1OCCC[C@H]2O. The third-order valence-electron chi connectivity index (χ3n) is 2.54. The van der Waals surface area contributed by atoms with E-state index in [1.54, 1.807) is 0 Å². The van der Waals surface area contributed by atoms with Gasteiger partial charge in [-0.05, 0) is 25.8 Å². The molecule has 3 nitrogen and oxygen atoms in total. The molecule has 1 aliphatic heterocycles. The quantitative estimate of drug-likeness (QED) is 0.810. The van der Waals surface area contributed by atoms with E-state index < -0.39 is 6.10 Å². The lowest BCUT2D eigenvalue weighted by Gasteiger charge is -2.14. The van der Waals surface area contributed by atoms with Crippen LogP contribution in [0, 0.1) is 0 Å². The molecule has 0 spiro atoms. The van der Waals surface area contributed by atoms with Gasteiger partial charge < -0.3 is 14.6 Å². The summed E-state index contributed by atoms with van der Waals surface area (Å²) in [5, 5.41) is 9.90. The second-order valence-electron chi connectivity index (χ2n) is 3.61. The van der Waals surface area contributed by atoms with Gasteiger partial charge in [0.2, 0.25) is 0 Å². The molecule has 0 bridgehead atoms. The van der Waals surface area contributed by atoms with E-state index in [1.165, 1.54) is 0 Å². The van der Waals surface area contributed by atoms with Crippen molar-refractivity contribution in [1.82, 2.24) is 0 Å². The number of ether oxygens (including phenoxy) is 2. The first kappa shape index (κ1) is 10.3. The predicted octanol–water partition coefficient (Wildman–Crippen LogP) is 2.29. The number of rotatable bonds is 2. The molecule has 0 amide bonds. The molecule has 0 aliphatic carbocycles. The molecule has 15 heavy (non-hydrogen) atoms. The Hall–Kier alpha value is -1.22. The van der Waals surface area contributed by atoms with Gasteiger partial charge >= 0.3 is 0 Å². The topological polar surface area (TPSA) is 38.7 Å². The molecule has 1 atom stereocenters. The Morgan fingerprint density at radius 1 is 1.53 bits per heavy atom. The van der Waals surface area contributed by atoms with Crippen LogP contribution in [0.1, 0.15) is 31.4 Å². The number of benzene rings is 1. The van der Waals surface area contributed by atoms with Crippen molar-refractivity contribution in [2.75, 3.05) is 13.2 Å². The summed E-state index contributed by atoms with van der Waals surface area (Å²) in [6.07, 6.45) is 1.20. The largest absolute Gasteiger partial charge is 0.490 e. The fraction of sp³-hybridized carbons (Fsp3) is 0.500. The molecular weight excluding hydrogens is 192 g/mol. The Kier molecular flexibility index (Phi) is 3.11. The van der Waals surface area contributed by atoms with Crippen molar-refractivity contribution in [3.63, 3.8) is 0 Å². The first-order valence-electron chi connectivity index (χ1n) is 5.39. The van der Waals surface area contributed by atoms with Gasteiger partial charge in [0.05, 0.1) is 19.3 Å². The van der Waals surface area contributed by atoms with Gasteiger partial charge in [-0.2, -0.15) is 0 Å². The van der Waals surface area contributed by atoms with Crippen molar-refractivity contribution >= 4 is 0 Å². The molecule has 1 aromatic carbocycles. The summed E-state index contributed by atoms with van der Waals surface area (Å²) in [5.41, 5.74) is 0.846. The normalized spacial score (nSPS) is 20.0. The zero-order valence-corrected chi connectivity index (χ0v) is 8.90. The van der Waals surface area contributed by atoms with Crippen LogP contribution in [-0.4, -0.2) is 18.3 Å². The predicted molar refractivity (Wildman–Crippen MR) is 57.3 cm³/mol. The molecule has 0 saturated carbocycles. The van der Waals surface area contributed by atoms with Crippen LogP contribution in [0.15, 0.2) is 18.2 Å². The summed E-state index contributed by atoms with van der Waals surface area (Å²) >= 11 is 0. The van der Waals surface area contributed by atoms with Gasteiger partial charge in [-0.15, -0.1) is 0 Å². The summed E-state index contributed by atoms with van der Waals surface area (Å²) < 4.78 is 11.1. The van der Waals surface area contributed by atoms with Crippen LogP contribution in [0.4, 0.5) is 0 Å². The fourth-order valence-electron chi connectivity index (χ4n) is 1.83. The molecule has 0 fully saturated rings. The first-order valence-corrected chi connectivity index (χ1v) is 5.39. The minimum absolute atomic E-state index is 0.428. The Morgan fingerprint density at radius 3 is 3.20 bits per heavy atom. The molecule has 1 aliphatic rings. The Morgan fingerprint density at radius 2 is 2.40 bits per heavy atom. The molecule has 0 saturated heterocycles. The van der Waals surface area contributed by atoms with E-state index in [2.05, 4.69) is 0 Å². The number of fused-ring (bicyclic) bond motifs is 1. The van der Waals surface area contributed by atoms with E-state index in [0.29, 0.717) is 19.0 Å². The Bertz CT molecular complexity index is 336. The van der Waals surface area contributed by atoms with Gasteiger partial charge in [-0.3, -0.25) is 0 Å². The molecule has 1 N–H and O–H groups in total. The van der Waals surface area contributed by atoms with Crippen molar-refractivity contribution in [1.29, 1.82) is 0 Å². The minimum Gasteiger partial charge on any atom is -0.490 e. The van der Waals surface area contributed by atoms with Crippen LogP contribution in [0.2, 0.25) is 0 Å². The van der Waals surface area contributed by atoms with Gasteiger partial charge in [0.1, 0.15) is 0 Å². The molecule has 0 aromatic heterocycles. The average Bonchev–Trinajstić information content (AvgIpc) is 2.43. The van der Waals surface area contributed by atoms with Crippen molar-refractivity contribution in [3.05, 3.63) is 23.8 Å². The lowest BCUT2D eigenvalue weighted by Crippen LogP contribution is -2.01. The van der Waals surface area contributed by atoms with Gasteiger partial charge in [-0.1, -0.05) is 12.1 Å². The summed E-state index contributed by atoms with van der Waals surface area (Å²) in [7, 11) is 0. The highest BCUT2D eigenvalue weighted by Crippen LogP contribution is 2.38. The third kappa shape index (κ3) is 2.07. The first-order chi connectivity index (χ1) is 7.33. The maximum absolute atomic E-state index is 9.90. The Labute approximate surface area is 89.6 Å². The maximum atomic E-state index is 9.90. The van der Waals surface area contributed by atoms with Crippen LogP contribution < -0.4 is 9.47 Å². The van der Waals surface area contributed by atoms with Gasteiger partial charge in [0, 0.05) is 5.56 Å². The summed E-state index contributed by atoms with van der Waals surface area (Å²) in [6.45, 7) is 3.19. The number of aliphatic hydroxyl groups is 1. The van der Waals surface area contributed by atoms with Crippen molar-refractivity contribution < 1.29 is 14.6 Å². The minimum atomic E-state index is -0.428. The van der Waals surface area contributed by atoms with Gasteiger partial charge in [0.25, 0.3) is 0 Å². The van der Waals surface area contributed by atoms with Crippen LogP contribution in [0.5, 0.6) is 11.5 Å². The third-order valence-corrected chi connectivity index (χ3v) is 2.54. The van der Waals surface area contributed by atoms with Crippen LogP contribution in [0.25, 0.3) is 0 Å². The number of hydrogen-bond donors (Lipinski definition) is 1. The average molecular weight is 208 g/mol. The summed E-state index contributed by atoms with van der Waals surface area (Å²) in [6, 6.07) is 5.66. The zero-order valence-electron chi connectivity index (χ0n) is 8.90. The number of hydrogen-bond acceptors (Lipinski definition) is 3. The van der Waals surface area contributed by atoms with Gasteiger partial charge in [-0.25, -0.2) is 0 Å². The highest BCUT2D eigenvalue weighted by molar-refractivity contribution is 5.48. The zero-order chi connectivity index (χ0) is 10.7. The molecule has 1 aromatic rings. The molecule has 3 heteroatoms. The second-order valence-corrected chi connectivity index (χ2v) is 3.61. The molecule has 2 rings (SSSR count). The lowest BCUT2D eigenvalue weighted by atomic mass is 10.0. The number of para-hydroxylation sites is 1. The van der Waals surface area contributed by atoms with E-state index in [0.717, 1.165) is 24.2 Å². The van der Waals surface area contributed by atoms with E-state index in [-0.39, 0.29) is 0 Å². The molecule has 82 valence electrons. The lowest BCUT2D eigenvalue weighted by molar-refractivity contribution is 0.167. The Balaban J connectivity index is 2.39. The van der Waals surface area contributed by atoms with Gasteiger partial charge in [0.15, 0.2) is 11.5 Å². The molecule has 0 radical (unpaired) electrons. The van der Waals surface area contributed by atoms with E-state index in [9.17, 15) is 5.11 Å². The summed E-state index contributed by atoms with van der Waals surface area (Å²) in [5.74, 6) is 1.44. The molecular formula is C12H16O3. The highest BCUT2D eigenvalue weighted by atomic mass is 16.5. The smallest absolute Gasteiger partial charge is 0.166 e. The van der Waals surface area contributed by atoms with Crippen LogP contribution in [0.3, 0.4) is 0 Å². The molecule has 0 unspecified atom stereocenters. The standard InChI is InChI=1S/C12H16O3/c1-2-14-11-7-3-5-9-10(13)6-4-8-15-12(9)11/h3,5,7,10,13H,2,4,6,8H2,1H3/t10-/m1/s1. The van der Waals surface area contributed by atoms with Crippen molar-refractivity contribution in [3.8, 4) is 11.5 Å². The highest BCUT2D eigenvalue weighted by Gasteiger charge is 2.20. The maximum Gasteiger partial charge on any atom is 0.166 e. The van der Waals surface area contributed by atoms with Crippen LogP contribution >= 0.6 is 0 Å².